The Bertz CT molecular complexity index is 1050. The summed E-state index contributed by atoms with van der Waals surface area (Å²) in [6, 6.07) is 19.3. The maximum absolute atomic E-state index is 12.6. The number of methoxy groups -OCH3 is 2. The summed E-state index contributed by atoms with van der Waals surface area (Å²) in [6.45, 7) is 1.86. The summed E-state index contributed by atoms with van der Waals surface area (Å²) in [5.41, 5.74) is 2.97. The molecule has 0 saturated carbocycles. The second kappa shape index (κ2) is 8.93. The van der Waals surface area contributed by atoms with Gasteiger partial charge in [0.2, 0.25) is 0 Å². The molecule has 0 atom stereocenters. The SMILES string of the molecule is COc1ccccc1C(=O)Nc1ccc(NC(=O)c2ccccc2OC)c(C)c1. The highest BCUT2D eigenvalue weighted by atomic mass is 16.5. The molecule has 0 aliphatic rings. The Balaban J connectivity index is 1.75. The van der Waals surface area contributed by atoms with E-state index in [1.54, 1.807) is 66.7 Å². The Kier molecular flexibility index (Phi) is 6.14. The minimum Gasteiger partial charge on any atom is -0.496 e. The molecule has 0 fully saturated rings. The summed E-state index contributed by atoms with van der Waals surface area (Å²) in [5.74, 6) is 0.467. The molecule has 148 valence electrons. The number of rotatable bonds is 6. The zero-order valence-electron chi connectivity index (χ0n) is 16.5. The largest absolute Gasteiger partial charge is 0.496 e. The maximum Gasteiger partial charge on any atom is 0.259 e. The van der Waals surface area contributed by atoms with Gasteiger partial charge in [0.05, 0.1) is 25.3 Å². The number of aryl methyl sites for hydroxylation is 1. The Labute approximate surface area is 169 Å². The zero-order chi connectivity index (χ0) is 20.8. The number of para-hydroxylation sites is 2. The number of hydrogen-bond donors (Lipinski definition) is 2. The average Bonchev–Trinajstić information content (AvgIpc) is 2.75. The van der Waals surface area contributed by atoms with E-state index in [4.69, 9.17) is 9.47 Å². The van der Waals surface area contributed by atoms with Gasteiger partial charge in [0, 0.05) is 11.4 Å². The molecule has 0 saturated heterocycles. The van der Waals surface area contributed by atoms with Crippen LogP contribution in [0.5, 0.6) is 11.5 Å². The molecule has 0 aliphatic heterocycles. The monoisotopic (exact) mass is 390 g/mol. The van der Waals surface area contributed by atoms with Crippen LogP contribution in [0, 0.1) is 6.92 Å². The third kappa shape index (κ3) is 4.55. The second-order valence-electron chi connectivity index (χ2n) is 6.34. The summed E-state index contributed by atoms with van der Waals surface area (Å²) in [5, 5.41) is 5.73. The molecule has 0 aliphatic carbocycles. The smallest absolute Gasteiger partial charge is 0.259 e. The molecular formula is C23H22N2O4. The lowest BCUT2D eigenvalue weighted by atomic mass is 10.1. The van der Waals surface area contributed by atoms with Gasteiger partial charge in [-0.25, -0.2) is 0 Å². The summed E-state index contributed by atoms with van der Waals surface area (Å²) in [7, 11) is 3.05. The van der Waals surface area contributed by atoms with Gasteiger partial charge >= 0.3 is 0 Å². The van der Waals surface area contributed by atoms with E-state index in [0.29, 0.717) is 34.0 Å². The molecule has 2 N–H and O–H groups in total. The van der Waals surface area contributed by atoms with Crippen LogP contribution in [0.1, 0.15) is 26.3 Å². The lowest BCUT2D eigenvalue weighted by molar-refractivity contribution is 0.101. The van der Waals surface area contributed by atoms with E-state index < -0.39 is 0 Å². The summed E-state index contributed by atoms with van der Waals surface area (Å²) < 4.78 is 10.5. The molecule has 3 aromatic rings. The number of amides is 2. The van der Waals surface area contributed by atoms with Gasteiger partial charge in [-0.05, 0) is 55.0 Å². The normalized spacial score (nSPS) is 10.2. The molecule has 0 heterocycles. The highest BCUT2D eigenvalue weighted by molar-refractivity contribution is 6.08. The lowest BCUT2D eigenvalue weighted by Gasteiger charge is -2.13. The topological polar surface area (TPSA) is 76.7 Å². The van der Waals surface area contributed by atoms with Crippen molar-refractivity contribution in [3.63, 3.8) is 0 Å². The fourth-order valence-corrected chi connectivity index (χ4v) is 2.93. The Morgan fingerprint density at radius 1 is 0.724 bits per heavy atom. The minimum absolute atomic E-state index is 0.267. The number of ether oxygens (including phenoxy) is 2. The first-order valence-electron chi connectivity index (χ1n) is 9.03. The van der Waals surface area contributed by atoms with Crippen LogP contribution in [-0.4, -0.2) is 26.0 Å². The molecule has 0 bridgehead atoms. The van der Waals surface area contributed by atoms with E-state index in [0.717, 1.165) is 5.56 Å². The van der Waals surface area contributed by atoms with Gasteiger partial charge < -0.3 is 20.1 Å². The lowest BCUT2D eigenvalue weighted by Crippen LogP contribution is -2.15. The van der Waals surface area contributed by atoms with Crippen LogP contribution in [0.25, 0.3) is 0 Å². The Hall–Kier alpha value is -3.80. The summed E-state index contributed by atoms with van der Waals surface area (Å²) in [4.78, 5) is 25.1. The van der Waals surface area contributed by atoms with E-state index in [9.17, 15) is 9.59 Å². The van der Waals surface area contributed by atoms with E-state index in [1.807, 2.05) is 6.92 Å². The molecule has 6 heteroatoms. The van der Waals surface area contributed by atoms with Crippen LogP contribution in [0.3, 0.4) is 0 Å². The summed E-state index contributed by atoms with van der Waals surface area (Å²) in [6.07, 6.45) is 0. The minimum atomic E-state index is -0.271. The molecule has 6 nitrogen and oxygen atoms in total. The van der Waals surface area contributed by atoms with Gasteiger partial charge in [0.15, 0.2) is 0 Å². The predicted molar refractivity (Wildman–Crippen MR) is 113 cm³/mol. The number of nitrogens with one attached hydrogen (secondary N) is 2. The Morgan fingerprint density at radius 2 is 1.24 bits per heavy atom. The van der Waals surface area contributed by atoms with Crippen LogP contribution >= 0.6 is 0 Å². The first-order valence-corrected chi connectivity index (χ1v) is 9.03. The van der Waals surface area contributed by atoms with Crippen LogP contribution in [0.4, 0.5) is 11.4 Å². The van der Waals surface area contributed by atoms with Gasteiger partial charge in [0.25, 0.3) is 11.8 Å². The first-order chi connectivity index (χ1) is 14.0. The third-order valence-corrected chi connectivity index (χ3v) is 4.44. The molecule has 3 rings (SSSR count). The first kappa shape index (κ1) is 19.9. The van der Waals surface area contributed by atoms with E-state index in [2.05, 4.69) is 10.6 Å². The molecule has 0 radical (unpaired) electrons. The van der Waals surface area contributed by atoms with Crippen molar-refractivity contribution in [2.45, 2.75) is 6.92 Å². The van der Waals surface area contributed by atoms with Crippen LogP contribution in [-0.2, 0) is 0 Å². The van der Waals surface area contributed by atoms with Crippen LogP contribution < -0.4 is 20.1 Å². The fourth-order valence-electron chi connectivity index (χ4n) is 2.93. The van der Waals surface area contributed by atoms with Crippen LogP contribution in [0.15, 0.2) is 66.7 Å². The predicted octanol–water partition coefficient (Wildman–Crippen LogP) is 4.52. The van der Waals surface area contributed by atoms with E-state index in [1.165, 1.54) is 14.2 Å². The molecule has 0 aromatic heterocycles. The highest BCUT2D eigenvalue weighted by Crippen LogP contribution is 2.24. The fraction of sp³-hybridized carbons (Fsp3) is 0.130. The van der Waals surface area contributed by atoms with Crippen molar-refractivity contribution in [1.29, 1.82) is 0 Å². The molecular weight excluding hydrogens is 368 g/mol. The molecule has 0 spiro atoms. The summed E-state index contributed by atoms with van der Waals surface area (Å²) >= 11 is 0. The second-order valence-corrected chi connectivity index (χ2v) is 6.34. The van der Waals surface area contributed by atoms with Crippen molar-refractivity contribution in [2.75, 3.05) is 24.9 Å². The average molecular weight is 390 g/mol. The standard InChI is InChI=1S/C23H22N2O4/c1-15-14-16(24-22(26)17-8-4-6-10-20(17)28-2)12-13-19(15)25-23(27)18-9-5-7-11-21(18)29-3/h4-14H,1-3H3,(H,24,26)(H,25,27). The van der Waals surface area contributed by atoms with Crippen LogP contribution in [0.2, 0.25) is 0 Å². The highest BCUT2D eigenvalue weighted by Gasteiger charge is 2.14. The van der Waals surface area contributed by atoms with Gasteiger partial charge in [-0.2, -0.15) is 0 Å². The van der Waals surface area contributed by atoms with Gasteiger partial charge in [-0.1, -0.05) is 24.3 Å². The van der Waals surface area contributed by atoms with Gasteiger partial charge in [0.1, 0.15) is 11.5 Å². The number of hydrogen-bond acceptors (Lipinski definition) is 4. The van der Waals surface area contributed by atoms with Crippen molar-refractivity contribution in [1.82, 2.24) is 0 Å². The molecule has 0 unspecified atom stereocenters. The maximum atomic E-state index is 12.6. The van der Waals surface area contributed by atoms with Crippen molar-refractivity contribution in [2.24, 2.45) is 0 Å². The number of anilines is 2. The van der Waals surface area contributed by atoms with Crippen molar-refractivity contribution < 1.29 is 19.1 Å². The molecule has 3 aromatic carbocycles. The molecule has 29 heavy (non-hydrogen) atoms. The van der Waals surface area contributed by atoms with Crippen molar-refractivity contribution >= 4 is 23.2 Å². The quantitative estimate of drug-likeness (QED) is 0.649. The van der Waals surface area contributed by atoms with E-state index in [-0.39, 0.29) is 11.8 Å². The Morgan fingerprint density at radius 3 is 1.76 bits per heavy atom. The van der Waals surface area contributed by atoms with Gasteiger partial charge in [-0.3, -0.25) is 9.59 Å². The third-order valence-electron chi connectivity index (χ3n) is 4.44. The van der Waals surface area contributed by atoms with E-state index >= 15 is 0 Å². The number of carbonyl (C=O) groups is 2. The van der Waals surface area contributed by atoms with Gasteiger partial charge in [-0.15, -0.1) is 0 Å². The zero-order valence-corrected chi connectivity index (χ0v) is 16.5. The van der Waals surface area contributed by atoms with Crippen molar-refractivity contribution in [3.8, 4) is 11.5 Å². The number of benzene rings is 3. The van der Waals surface area contributed by atoms with Crippen molar-refractivity contribution in [3.05, 3.63) is 83.4 Å². The molecule has 2 amide bonds. The number of carbonyl (C=O) groups excluding carboxylic acids is 2.